The summed E-state index contributed by atoms with van der Waals surface area (Å²) in [6, 6.07) is 6.69. The molecule has 0 fully saturated rings. The smallest absolute Gasteiger partial charge is 0.145 e. The number of hydrazine groups is 1. The molecular formula is C14H16ClFN4. The summed E-state index contributed by atoms with van der Waals surface area (Å²) in [7, 11) is 0. The van der Waals surface area contributed by atoms with Crippen molar-refractivity contribution in [3.8, 4) is 0 Å². The lowest BCUT2D eigenvalue weighted by atomic mass is 10.1. The van der Waals surface area contributed by atoms with Crippen LogP contribution in [0, 0.1) is 5.82 Å². The van der Waals surface area contributed by atoms with Crippen LogP contribution >= 0.6 is 11.6 Å². The van der Waals surface area contributed by atoms with E-state index in [0.717, 1.165) is 18.5 Å². The van der Waals surface area contributed by atoms with Gasteiger partial charge in [-0.1, -0.05) is 37.1 Å². The topological polar surface area (TPSA) is 63.8 Å². The number of halogens is 2. The summed E-state index contributed by atoms with van der Waals surface area (Å²) in [4.78, 5) is 8.66. The van der Waals surface area contributed by atoms with Gasteiger partial charge in [0.1, 0.15) is 17.5 Å². The average Bonchev–Trinajstić information content (AvgIpc) is 2.44. The van der Waals surface area contributed by atoms with Crippen LogP contribution in [0.1, 0.15) is 30.4 Å². The number of aromatic nitrogens is 2. The standard InChI is InChI=1S/C14H16ClFN4/c1-2-4-10-8-13(20-17)19-12(18-10)7-9-5-3-6-11(15)14(9)16/h3,5-6,8H,2,4,7,17H2,1H3,(H,18,19,20). The zero-order valence-corrected chi connectivity index (χ0v) is 11.9. The number of nitrogen functional groups attached to an aromatic ring is 1. The molecule has 1 heterocycles. The highest BCUT2D eigenvalue weighted by atomic mass is 35.5. The van der Waals surface area contributed by atoms with Crippen LogP contribution in [0.15, 0.2) is 24.3 Å². The van der Waals surface area contributed by atoms with Crippen LogP contribution in [0.2, 0.25) is 5.02 Å². The van der Waals surface area contributed by atoms with E-state index in [1.807, 2.05) is 0 Å². The van der Waals surface area contributed by atoms with E-state index in [2.05, 4.69) is 22.3 Å². The molecule has 2 aromatic rings. The van der Waals surface area contributed by atoms with Gasteiger partial charge in [0, 0.05) is 18.2 Å². The molecule has 2 rings (SSSR count). The van der Waals surface area contributed by atoms with Crippen molar-refractivity contribution in [2.45, 2.75) is 26.2 Å². The van der Waals surface area contributed by atoms with Gasteiger partial charge in [0.15, 0.2) is 0 Å². The van der Waals surface area contributed by atoms with Crippen LogP contribution in [0.5, 0.6) is 0 Å². The number of hydrogen-bond acceptors (Lipinski definition) is 4. The lowest BCUT2D eigenvalue weighted by Crippen LogP contribution is -2.12. The Kier molecular flexibility index (Phi) is 4.87. The fraction of sp³-hybridized carbons (Fsp3) is 0.286. The first-order chi connectivity index (χ1) is 9.63. The molecule has 0 radical (unpaired) electrons. The number of anilines is 1. The molecule has 0 aliphatic carbocycles. The molecule has 20 heavy (non-hydrogen) atoms. The molecule has 0 saturated carbocycles. The third kappa shape index (κ3) is 3.43. The van der Waals surface area contributed by atoms with Gasteiger partial charge in [-0.15, -0.1) is 0 Å². The summed E-state index contributed by atoms with van der Waals surface area (Å²) >= 11 is 5.77. The Hall–Kier alpha value is -1.72. The van der Waals surface area contributed by atoms with Gasteiger partial charge in [0.25, 0.3) is 0 Å². The monoisotopic (exact) mass is 294 g/mol. The summed E-state index contributed by atoms with van der Waals surface area (Å²) < 4.78 is 13.9. The molecule has 1 aromatic carbocycles. The minimum atomic E-state index is -0.430. The minimum absolute atomic E-state index is 0.101. The van der Waals surface area contributed by atoms with Crippen molar-refractivity contribution in [3.63, 3.8) is 0 Å². The lowest BCUT2D eigenvalue weighted by Gasteiger charge is -2.08. The van der Waals surface area contributed by atoms with Crippen LogP contribution in [-0.2, 0) is 12.8 Å². The highest BCUT2D eigenvalue weighted by Crippen LogP contribution is 2.20. The molecule has 1 aromatic heterocycles. The molecule has 0 unspecified atom stereocenters. The highest BCUT2D eigenvalue weighted by molar-refractivity contribution is 6.30. The molecular weight excluding hydrogens is 279 g/mol. The predicted molar refractivity (Wildman–Crippen MR) is 78.1 cm³/mol. The van der Waals surface area contributed by atoms with Crippen molar-refractivity contribution in [1.29, 1.82) is 0 Å². The van der Waals surface area contributed by atoms with Crippen LogP contribution in [0.3, 0.4) is 0 Å². The summed E-state index contributed by atoms with van der Waals surface area (Å²) in [6.07, 6.45) is 2.06. The van der Waals surface area contributed by atoms with Crippen molar-refractivity contribution in [2.24, 2.45) is 5.84 Å². The number of nitrogens with two attached hydrogens (primary N) is 1. The number of aryl methyl sites for hydroxylation is 1. The molecule has 0 spiro atoms. The van der Waals surface area contributed by atoms with Gasteiger partial charge in [-0.2, -0.15) is 0 Å². The Morgan fingerprint density at radius 2 is 2.15 bits per heavy atom. The molecule has 0 aliphatic heterocycles. The van der Waals surface area contributed by atoms with Gasteiger partial charge in [0.2, 0.25) is 0 Å². The van der Waals surface area contributed by atoms with Gasteiger partial charge < -0.3 is 5.43 Å². The molecule has 0 saturated heterocycles. The number of benzene rings is 1. The molecule has 0 bridgehead atoms. The molecule has 6 heteroatoms. The van der Waals surface area contributed by atoms with E-state index in [9.17, 15) is 4.39 Å². The number of nitrogens with zero attached hydrogens (tertiary/aromatic N) is 2. The van der Waals surface area contributed by atoms with Gasteiger partial charge in [-0.25, -0.2) is 20.2 Å². The van der Waals surface area contributed by atoms with Crippen molar-refractivity contribution in [1.82, 2.24) is 9.97 Å². The second-order valence-corrected chi connectivity index (χ2v) is 4.85. The van der Waals surface area contributed by atoms with Crippen molar-refractivity contribution >= 4 is 17.4 Å². The first kappa shape index (κ1) is 14.7. The van der Waals surface area contributed by atoms with Gasteiger partial charge in [-0.3, -0.25) is 0 Å². The Morgan fingerprint density at radius 1 is 1.35 bits per heavy atom. The SMILES string of the molecule is CCCc1cc(NN)nc(Cc2cccc(Cl)c2F)n1. The van der Waals surface area contributed by atoms with Crippen LogP contribution < -0.4 is 11.3 Å². The maximum absolute atomic E-state index is 13.9. The Bertz CT molecular complexity index is 604. The maximum Gasteiger partial charge on any atom is 0.145 e. The number of hydrogen-bond donors (Lipinski definition) is 2. The zero-order valence-electron chi connectivity index (χ0n) is 11.2. The maximum atomic E-state index is 13.9. The fourth-order valence-corrected chi connectivity index (χ4v) is 2.14. The largest absolute Gasteiger partial charge is 0.308 e. The Labute approximate surface area is 122 Å². The zero-order chi connectivity index (χ0) is 14.5. The molecule has 0 aliphatic rings. The van der Waals surface area contributed by atoms with Crippen LogP contribution in [0.25, 0.3) is 0 Å². The molecule has 4 nitrogen and oxygen atoms in total. The Morgan fingerprint density at radius 3 is 2.85 bits per heavy atom. The second-order valence-electron chi connectivity index (χ2n) is 4.44. The third-order valence-electron chi connectivity index (χ3n) is 2.86. The number of nitrogens with one attached hydrogen (secondary N) is 1. The summed E-state index contributed by atoms with van der Waals surface area (Å²) in [5.41, 5.74) is 3.86. The van der Waals surface area contributed by atoms with Crippen molar-refractivity contribution < 1.29 is 4.39 Å². The second kappa shape index (κ2) is 6.63. The highest BCUT2D eigenvalue weighted by Gasteiger charge is 2.10. The van der Waals surface area contributed by atoms with E-state index in [1.54, 1.807) is 18.2 Å². The lowest BCUT2D eigenvalue weighted by molar-refractivity contribution is 0.612. The average molecular weight is 295 g/mol. The van der Waals surface area contributed by atoms with E-state index < -0.39 is 5.82 Å². The van der Waals surface area contributed by atoms with Crippen LogP contribution in [0.4, 0.5) is 10.2 Å². The van der Waals surface area contributed by atoms with Gasteiger partial charge in [0.05, 0.1) is 5.02 Å². The quantitative estimate of drug-likeness (QED) is 0.657. The molecule has 0 atom stereocenters. The summed E-state index contributed by atoms with van der Waals surface area (Å²) in [5, 5.41) is 0.101. The third-order valence-corrected chi connectivity index (χ3v) is 3.15. The predicted octanol–water partition coefficient (Wildman–Crippen LogP) is 3.10. The number of rotatable bonds is 5. The molecule has 3 N–H and O–H groups in total. The van der Waals surface area contributed by atoms with E-state index in [0.29, 0.717) is 17.2 Å². The van der Waals surface area contributed by atoms with E-state index in [-0.39, 0.29) is 11.4 Å². The Balaban J connectivity index is 2.32. The van der Waals surface area contributed by atoms with Gasteiger partial charge >= 0.3 is 0 Å². The molecule has 0 amide bonds. The minimum Gasteiger partial charge on any atom is -0.308 e. The molecule has 106 valence electrons. The summed E-state index contributed by atoms with van der Waals surface area (Å²) in [5.74, 6) is 6.01. The van der Waals surface area contributed by atoms with Crippen molar-refractivity contribution in [3.05, 3.63) is 52.2 Å². The van der Waals surface area contributed by atoms with E-state index in [4.69, 9.17) is 17.4 Å². The normalized spacial score (nSPS) is 10.6. The van der Waals surface area contributed by atoms with E-state index in [1.165, 1.54) is 6.07 Å². The van der Waals surface area contributed by atoms with Crippen LogP contribution in [-0.4, -0.2) is 9.97 Å². The van der Waals surface area contributed by atoms with Gasteiger partial charge in [-0.05, 0) is 18.1 Å². The van der Waals surface area contributed by atoms with E-state index >= 15 is 0 Å². The fourth-order valence-electron chi connectivity index (χ4n) is 1.94. The first-order valence-electron chi connectivity index (χ1n) is 6.40. The summed E-state index contributed by atoms with van der Waals surface area (Å²) in [6.45, 7) is 2.06. The first-order valence-corrected chi connectivity index (χ1v) is 6.78. The van der Waals surface area contributed by atoms with Crippen molar-refractivity contribution in [2.75, 3.05) is 5.43 Å².